The third-order valence-corrected chi connectivity index (χ3v) is 2.88. The molecule has 1 aromatic carbocycles. The summed E-state index contributed by atoms with van der Waals surface area (Å²) in [7, 11) is 0. The van der Waals surface area contributed by atoms with E-state index in [-0.39, 0.29) is 0 Å². The second kappa shape index (κ2) is 5.60. The summed E-state index contributed by atoms with van der Waals surface area (Å²) in [5.74, 6) is 1.48. The zero-order valence-corrected chi connectivity index (χ0v) is 12.3. The van der Waals surface area contributed by atoms with E-state index in [9.17, 15) is 0 Å². The van der Waals surface area contributed by atoms with Crippen LogP contribution in [0.5, 0.6) is 5.75 Å². The molecule has 1 aromatic heterocycles. The summed E-state index contributed by atoms with van der Waals surface area (Å²) in [5, 5.41) is 0. The van der Waals surface area contributed by atoms with Crippen molar-refractivity contribution >= 4 is 31.9 Å². The Bertz CT molecular complexity index is 511. The fourth-order valence-corrected chi connectivity index (χ4v) is 2.49. The highest BCUT2D eigenvalue weighted by molar-refractivity contribution is 9.11. The van der Waals surface area contributed by atoms with Gasteiger partial charge in [-0.15, -0.1) is 0 Å². The third kappa shape index (κ3) is 3.26. The molecule has 0 saturated heterocycles. The summed E-state index contributed by atoms with van der Waals surface area (Å²) >= 11 is 6.69. The van der Waals surface area contributed by atoms with Crippen LogP contribution in [0.25, 0.3) is 11.4 Å². The maximum Gasteiger partial charge on any atom is 0.161 e. The quantitative estimate of drug-likeness (QED) is 0.776. The van der Waals surface area contributed by atoms with Crippen LogP contribution >= 0.6 is 31.9 Å². The highest BCUT2D eigenvalue weighted by Gasteiger charge is 2.05. The Morgan fingerprint density at radius 3 is 2.47 bits per heavy atom. The molecular formula is C12H10Br2N2O. The lowest BCUT2D eigenvalue weighted by atomic mass is 10.2. The predicted molar refractivity (Wildman–Crippen MR) is 74.0 cm³/mol. The van der Waals surface area contributed by atoms with Gasteiger partial charge in [0.2, 0.25) is 0 Å². The minimum atomic E-state index is 0.645. The van der Waals surface area contributed by atoms with Crippen molar-refractivity contribution in [1.29, 1.82) is 0 Å². The molecule has 0 unspecified atom stereocenters. The van der Waals surface area contributed by atoms with E-state index in [1.807, 2.05) is 31.2 Å². The molecule has 2 aromatic rings. The van der Waals surface area contributed by atoms with Gasteiger partial charge in [-0.2, -0.15) is 0 Å². The van der Waals surface area contributed by atoms with Crippen molar-refractivity contribution in [3.63, 3.8) is 0 Å². The van der Waals surface area contributed by atoms with E-state index in [2.05, 4.69) is 41.8 Å². The third-order valence-electron chi connectivity index (χ3n) is 2.07. The second-order valence-corrected chi connectivity index (χ2v) is 4.92. The Kier molecular flexibility index (Phi) is 4.12. The van der Waals surface area contributed by atoms with Crippen molar-refractivity contribution in [2.45, 2.75) is 6.92 Å². The van der Waals surface area contributed by atoms with Crippen LogP contribution in [-0.4, -0.2) is 16.6 Å². The van der Waals surface area contributed by atoms with Crippen molar-refractivity contribution in [1.82, 2.24) is 9.97 Å². The fraction of sp³-hybridized carbons (Fsp3) is 0.167. The first kappa shape index (κ1) is 12.5. The smallest absolute Gasteiger partial charge is 0.161 e. The maximum absolute atomic E-state index is 5.45. The van der Waals surface area contributed by atoms with Gasteiger partial charge in [0, 0.05) is 11.6 Å². The van der Waals surface area contributed by atoms with Gasteiger partial charge in [-0.1, -0.05) is 12.1 Å². The van der Waals surface area contributed by atoms with E-state index < -0.39 is 0 Å². The normalized spacial score (nSPS) is 10.3. The minimum Gasteiger partial charge on any atom is -0.494 e. The molecule has 0 fully saturated rings. The Hall–Kier alpha value is -0.940. The lowest BCUT2D eigenvalue weighted by Gasteiger charge is -2.05. The van der Waals surface area contributed by atoms with Crippen molar-refractivity contribution in [2.75, 3.05) is 6.61 Å². The van der Waals surface area contributed by atoms with Gasteiger partial charge in [-0.25, -0.2) is 9.97 Å². The van der Waals surface area contributed by atoms with Crippen LogP contribution in [-0.2, 0) is 0 Å². The largest absolute Gasteiger partial charge is 0.494 e. The van der Waals surface area contributed by atoms with Gasteiger partial charge in [0.1, 0.15) is 15.0 Å². The summed E-state index contributed by atoms with van der Waals surface area (Å²) in [6.45, 7) is 2.60. The standard InChI is InChI=1S/C12H10Br2N2O/c1-2-17-9-5-3-4-8(6-9)12-15-10(13)7-11(14)16-12/h3-7H,2H2,1H3. The number of rotatable bonds is 3. The van der Waals surface area contributed by atoms with Crippen LogP contribution in [0.3, 0.4) is 0 Å². The molecule has 3 nitrogen and oxygen atoms in total. The first-order valence-corrected chi connectivity index (χ1v) is 6.71. The first-order valence-electron chi connectivity index (χ1n) is 5.12. The van der Waals surface area contributed by atoms with Gasteiger partial charge < -0.3 is 4.74 Å². The molecule has 0 bridgehead atoms. The summed E-state index contributed by atoms with van der Waals surface area (Å²) in [6.07, 6.45) is 0. The molecule has 0 atom stereocenters. The molecule has 0 N–H and O–H groups in total. The highest BCUT2D eigenvalue weighted by Crippen LogP contribution is 2.24. The molecule has 2 rings (SSSR count). The van der Waals surface area contributed by atoms with Crippen LogP contribution in [0.1, 0.15) is 6.92 Å². The van der Waals surface area contributed by atoms with Crippen LogP contribution in [0.15, 0.2) is 39.5 Å². The van der Waals surface area contributed by atoms with Crippen molar-refractivity contribution < 1.29 is 4.74 Å². The number of nitrogens with zero attached hydrogens (tertiary/aromatic N) is 2. The number of hydrogen-bond donors (Lipinski definition) is 0. The fourth-order valence-electron chi connectivity index (χ4n) is 1.41. The highest BCUT2D eigenvalue weighted by atomic mass is 79.9. The molecule has 0 amide bonds. The molecule has 1 heterocycles. The number of benzene rings is 1. The van der Waals surface area contributed by atoms with Gasteiger partial charge in [0.15, 0.2) is 5.82 Å². The molecular weight excluding hydrogens is 348 g/mol. The molecule has 0 saturated carbocycles. The van der Waals surface area contributed by atoms with Crippen molar-refractivity contribution in [3.05, 3.63) is 39.5 Å². The SMILES string of the molecule is CCOc1cccc(-c2nc(Br)cc(Br)n2)c1. The average Bonchev–Trinajstić information content (AvgIpc) is 2.28. The van der Waals surface area contributed by atoms with Gasteiger partial charge in [0.05, 0.1) is 6.61 Å². The summed E-state index contributed by atoms with van der Waals surface area (Å²) in [4.78, 5) is 8.65. The summed E-state index contributed by atoms with van der Waals surface area (Å²) in [6, 6.07) is 9.53. The molecule has 0 aliphatic carbocycles. The van der Waals surface area contributed by atoms with E-state index in [0.29, 0.717) is 12.4 Å². The van der Waals surface area contributed by atoms with E-state index in [4.69, 9.17) is 4.74 Å². The molecule has 5 heteroatoms. The average molecular weight is 358 g/mol. The number of ether oxygens (including phenoxy) is 1. The van der Waals surface area contributed by atoms with Gasteiger partial charge in [0.25, 0.3) is 0 Å². The van der Waals surface area contributed by atoms with Gasteiger partial charge >= 0.3 is 0 Å². The van der Waals surface area contributed by atoms with E-state index in [0.717, 1.165) is 20.5 Å². The Morgan fingerprint density at radius 1 is 1.12 bits per heavy atom. The first-order chi connectivity index (χ1) is 8.19. The predicted octanol–water partition coefficient (Wildman–Crippen LogP) is 4.07. The zero-order chi connectivity index (χ0) is 12.3. The molecule has 88 valence electrons. The number of aromatic nitrogens is 2. The second-order valence-electron chi connectivity index (χ2n) is 3.30. The lowest BCUT2D eigenvalue weighted by Crippen LogP contribution is -1.93. The topological polar surface area (TPSA) is 35.0 Å². The van der Waals surface area contributed by atoms with Gasteiger partial charge in [-0.3, -0.25) is 0 Å². The number of hydrogen-bond acceptors (Lipinski definition) is 3. The van der Waals surface area contributed by atoms with Gasteiger partial charge in [-0.05, 0) is 50.9 Å². The molecule has 0 aliphatic rings. The summed E-state index contributed by atoms with van der Waals surface area (Å²) in [5.41, 5.74) is 0.929. The lowest BCUT2D eigenvalue weighted by molar-refractivity contribution is 0.340. The molecule has 0 spiro atoms. The van der Waals surface area contributed by atoms with Crippen molar-refractivity contribution in [3.8, 4) is 17.1 Å². The van der Waals surface area contributed by atoms with Crippen LogP contribution in [0.2, 0.25) is 0 Å². The van der Waals surface area contributed by atoms with E-state index >= 15 is 0 Å². The summed E-state index contributed by atoms with van der Waals surface area (Å²) < 4.78 is 6.94. The molecule has 17 heavy (non-hydrogen) atoms. The Morgan fingerprint density at radius 2 is 1.82 bits per heavy atom. The molecule has 0 radical (unpaired) electrons. The maximum atomic E-state index is 5.45. The van der Waals surface area contributed by atoms with Crippen LogP contribution in [0.4, 0.5) is 0 Å². The van der Waals surface area contributed by atoms with Crippen LogP contribution in [0, 0.1) is 0 Å². The van der Waals surface area contributed by atoms with E-state index in [1.165, 1.54) is 0 Å². The number of halogens is 2. The van der Waals surface area contributed by atoms with E-state index in [1.54, 1.807) is 6.07 Å². The Labute approximate surface area is 117 Å². The zero-order valence-electron chi connectivity index (χ0n) is 9.15. The monoisotopic (exact) mass is 356 g/mol. The van der Waals surface area contributed by atoms with Crippen LogP contribution < -0.4 is 4.74 Å². The Balaban J connectivity index is 2.41. The molecule has 0 aliphatic heterocycles. The van der Waals surface area contributed by atoms with Crippen molar-refractivity contribution in [2.24, 2.45) is 0 Å². The minimum absolute atomic E-state index is 0.645.